The van der Waals surface area contributed by atoms with Crippen molar-refractivity contribution in [2.75, 3.05) is 36.5 Å². The van der Waals surface area contributed by atoms with Crippen LogP contribution < -0.4 is 26.8 Å². The molecule has 11 heteroatoms. The predicted molar refractivity (Wildman–Crippen MR) is 157 cm³/mol. The molecule has 2 heterocycles. The monoisotopic (exact) mass is 569 g/mol. The molecule has 5 rings (SSSR count). The van der Waals surface area contributed by atoms with Gasteiger partial charge in [0.05, 0.1) is 5.75 Å². The molecule has 0 atom stereocenters. The van der Waals surface area contributed by atoms with Gasteiger partial charge in [0.1, 0.15) is 22.7 Å². The highest BCUT2D eigenvalue weighted by atomic mass is 32.2. The van der Waals surface area contributed by atoms with E-state index in [4.69, 9.17) is 10.7 Å². The van der Waals surface area contributed by atoms with E-state index >= 15 is 0 Å². The van der Waals surface area contributed by atoms with E-state index in [2.05, 4.69) is 12.2 Å². The van der Waals surface area contributed by atoms with Gasteiger partial charge < -0.3 is 16.0 Å². The summed E-state index contributed by atoms with van der Waals surface area (Å²) in [5.74, 6) is 1.69. The van der Waals surface area contributed by atoms with Crippen molar-refractivity contribution >= 4 is 38.8 Å². The second-order valence-corrected chi connectivity index (χ2v) is 14.0. The molecule has 0 radical (unpaired) electrons. The first-order chi connectivity index (χ1) is 18.8. The minimum atomic E-state index is -3.54. The summed E-state index contributed by atoms with van der Waals surface area (Å²) in [6, 6.07) is 3.74. The number of aliphatic imine (C=N–C) groups is 1. The molecule has 0 aromatic heterocycles. The van der Waals surface area contributed by atoms with Gasteiger partial charge in [0.25, 0.3) is 16.8 Å². The fourth-order valence-corrected chi connectivity index (χ4v) is 7.98. The fourth-order valence-electron chi connectivity index (χ4n) is 6.52. The maximum atomic E-state index is 13.3. The lowest BCUT2D eigenvalue weighted by Crippen LogP contribution is -2.51. The average molecular weight is 570 g/mol. The molecule has 2 fully saturated rings. The molecule has 10 nitrogen and oxygen atoms in total. The number of amidine groups is 1. The lowest BCUT2D eigenvalue weighted by atomic mass is 9.82. The fraction of sp³-hybridized carbons (Fsp3) is 0.586. The molecule has 2 aromatic rings. The highest BCUT2D eigenvalue weighted by Crippen LogP contribution is 2.36. The number of nitrogen functional groups attached to an aromatic ring is 1. The van der Waals surface area contributed by atoms with Crippen LogP contribution in [-0.2, 0) is 21.2 Å². The van der Waals surface area contributed by atoms with Crippen LogP contribution in [0.5, 0.6) is 0 Å². The Morgan fingerprint density at radius 2 is 1.65 bits per heavy atom. The van der Waals surface area contributed by atoms with Crippen LogP contribution in [0.15, 0.2) is 26.7 Å². The third-order valence-electron chi connectivity index (χ3n) is 9.28. The summed E-state index contributed by atoms with van der Waals surface area (Å²) in [5, 5.41) is 3.04. The lowest BCUT2D eigenvalue weighted by molar-refractivity contribution is -0.125. The summed E-state index contributed by atoms with van der Waals surface area (Å²) in [4.78, 5) is 42.9. The van der Waals surface area contributed by atoms with Gasteiger partial charge in [0.15, 0.2) is 0 Å². The van der Waals surface area contributed by atoms with Crippen molar-refractivity contribution < 1.29 is 13.2 Å². The third-order valence-corrected chi connectivity index (χ3v) is 11.2. The van der Waals surface area contributed by atoms with Crippen LogP contribution in [0.4, 0.5) is 17.1 Å². The molecule has 3 N–H and O–H groups in total. The second kappa shape index (κ2) is 10.4. The van der Waals surface area contributed by atoms with E-state index in [0.29, 0.717) is 36.8 Å². The Morgan fingerprint density at radius 1 is 1.05 bits per heavy atom. The predicted octanol–water partition coefficient (Wildman–Crippen LogP) is 2.31. The summed E-state index contributed by atoms with van der Waals surface area (Å²) in [6.07, 6.45) is 5.49. The molecule has 2 aromatic carbocycles. The zero-order valence-electron chi connectivity index (χ0n) is 23.7. The number of carbonyl (C=O) groups excluding carboxylic acids is 1. The van der Waals surface area contributed by atoms with E-state index in [9.17, 15) is 22.8 Å². The van der Waals surface area contributed by atoms with Crippen LogP contribution in [-0.4, -0.2) is 55.9 Å². The maximum Gasteiger partial charge on any atom is 0.253 e. The number of nitrogens with two attached hydrogens (primary N) is 1. The number of amides is 1. The standard InChI is InChI=1S/C29H39N5O5S/c1-17-5-7-20(8-6-17)27-31-28(37)29(32-27)10-12-34(13-11-29)40(38,39)14-9-22-18(2)15-21(16-19(22)3)33(4)24-23(30)25(35)26(24)36/h15-17,20H,5-14,30H2,1-4H3,(H,31,32,37)/t17-,20-. The molecule has 1 saturated heterocycles. The molecule has 0 unspecified atom stereocenters. The van der Waals surface area contributed by atoms with Crippen molar-refractivity contribution in [3.05, 3.63) is 49.3 Å². The summed E-state index contributed by atoms with van der Waals surface area (Å²) < 4.78 is 28.1. The maximum absolute atomic E-state index is 13.3. The number of hydrogen-bond donors (Lipinski definition) is 2. The molecule has 216 valence electrons. The van der Waals surface area contributed by atoms with E-state index in [1.807, 2.05) is 26.0 Å². The largest absolute Gasteiger partial charge is 0.394 e. The zero-order chi connectivity index (χ0) is 29.0. The summed E-state index contributed by atoms with van der Waals surface area (Å²) in [6.45, 7) is 6.63. The molecule has 0 bridgehead atoms. The van der Waals surface area contributed by atoms with Crippen LogP contribution >= 0.6 is 0 Å². The van der Waals surface area contributed by atoms with Gasteiger partial charge in [0.2, 0.25) is 10.0 Å². The topological polar surface area (TPSA) is 142 Å². The Bertz CT molecular complexity index is 1520. The molecule has 1 saturated carbocycles. The van der Waals surface area contributed by atoms with E-state index in [1.165, 1.54) is 4.31 Å². The average Bonchev–Trinajstić information content (AvgIpc) is 3.23. The van der Waals surface area contributed by atoms with Crippen LogP contribution in [0.3, 0.4) is 0 Å². The van der Waals surface area contributed by atoms with Crippen molar-refractivity contribution in [3.63, 3.8) is 0 Å². The van der Waals surface area contributed by atoms with Gasteiger partial charge in [-0.2, -0.15) is 0 Å². The molecule has 1 amide bonds. The molecule has 1 spiro atoms. The number of piperidine rings is 1. The second-order valence-electron chi connectivity index (χ2n) is 11.9. The number of anilines is 3. The molecule has 3 aliphatic rings. The Kier molecular flexibility index (Phi) is 7.41. The van der Waals surface area contributed by atoms with Crippen molar-refractivity contribution in [2.24, 2.45) is 16.8 Å². The van der Waals surface area contributed by atoms with Gasteiger partial charge in [-0.05, 0) is 80.7 Å². The number of aryl methyl sites for hydroxylation is 2. The van der Waals surface area contributed by atoms with Crippen LogP contribution in [0, 0.1) is 25.7 Å². The smallest absolute Gasteiger partial charge is 0.253 e. The van der Waals surface area contributed by atoms with Gasteiger partial charge in [-0.25, -0.2) is 12.7 Å². The quantitative estimate of drug-likeness (QED) is 0.487. The van der Waals surface area contributed by atoms with Crippen molar-refractivity contribution in [3.8, 4) is 0 Å². The summed E-state index contributed by atoms with van der Waals surface area (Å²) in [5.41, 5.74) is 7.19. The SMILES string of the molecule is Cc1cc(N(C)c2c(N)c(=O)c2=O)cc(C)c1CCS(=O)(=O)N1CCC2(CC1)N=C([C@H]1CC[C@H](C)CC1)NC2=O. The first kappa shape index (κ1) is 28.5. The Hall–Kier alpha value is -3.05. The number of nitrogens with one attached hydrogen (secondary N) is 1. The Morgan fingerprint density at radius 3 is 2.23 bits per heavy atom. The van der Waals surface area contributed by atoms with Crippen molar-refractivity contribution in [1.29, 1.82) is 0 Å². The van der Waals surface area contributed by atoms with Crippen molar-refractivity contribution in [2.45, 2.75) is 71.3 Å². The van der Waals surface area contributed by atoms with Crippen LogP contribution in [0.1, 0.15) is 62.1 Å². The zero-order valence-corrected chi connectivity index (χ0v) is 24.6. The Balaban J connectivity index is 1.22. The molecule has 2 aliphatic heterocycles. The van der Waals surface area contributed by atoms with E-state index < -0.39 is 26.4 Å². The minimum Gasteiger partial charge on any atom is -0.394 e. The van der Waals surface area contributed by atoms with Gasteiger partial charge in [-0.1, -0.05) is 19.8 Å². The first-order valence-electron chi connectivity index (χ1n) is 14.1. The lowest BCUT2D eigenvalue weighted by Gasteiger charge is -2.34. The summed E-state index contributed by atoms with van der Waals surface area (Å²) >= 11 is 0. The van der Waals surface area contributed by atoms with Gasteiger partial charge in [-0.15, -0.1) is 0 Å². The molecule has 40 heavy (non-hydrogen) atoms. The number of hydrogen-bond acceptors (Lipinski definition) is 8. The number of carbonyl (C=O) groups is 1. The number of benzene rings is 1. The molecular formula is C29H39N5O5S. The first-order valence-corrected chi connectivity index (χ1v) is 15.8. The highest BCUT2D eigenvalue weighted by Gasteiger charge is 2.48. The van der Waals surface area contributed by atoms with E-state index in [0.717, 1.165) is 48.2 Å². The van der Waals surface area contributed by atoms with E-state index in [-0.39, 0.29) is 36.1 Å². The van der Waals surface area contributed by atoms with Gasteiger partial charge >= 0.3 is 0 Å². The normalized spacial score (nSPS) is 23.4. The van der Waals surface area contributed by atoms with E-state index in [1.54, 1.807) is 11.9 Å². The number of sulfonamides is 1. The molecule has 1 aliphatic carbocycles. The molecular weight excluding hydrogens is 530 g/mol. The van der Waals surface area contributed by atoms with Crippen LogP contribution in [0.2, 0.25) is 0 Å². The summed E-state index contributed by atoms with van der Waals surface area (Å²) in [7, 11) is -1.86. The minimum absolute atomic E-state index is 0.0388. The van der Waals surface area contributed by atoms with Crippen molar-refractivity contribution in [1.82, 2.24) is 9.62 Å². The van der Waals surface area contributed by atoms with Gasteiger partial charge in [-0.3, -0.25) is 19.4 Å². The van der Waals surface area contributed by atoms with Gasteiger partial charge in [0, 0.05) is 31.7 Å². The number of rotatable bonds is 7. The number of nitrogens with zero attached hydrogens (tertiary/aromatic N) is 3. The third kappa shape index (κ3) is 4.98. The van der Waals surface area contributed by atoms with Crippen LogP contribution in [0.25, 0.3) is 0 Å². The highest BCUT2D eigenvalue weighted by molar-refractivity contribution is 7.89. The Labute approximate surface area is 235 Å².